The number of carbonyl (C=O) groups excluding carboxylic acids is 1. The second-order valence-electron chi connectivity index (χ2n) is 9.98. The van der Waals surface area contributed by atoms with E-state index in [1.54, 1.807) is 12.1 Å². The van der Waals surface area contributed by atoms with E-state index >= 15 is 0 Å². The number of carbonyl (C=O) groups is 1. The summed E-state index contributed by atoms with van der Waals surface area (Å²) in [6.45, 7) is 5.29. The Balaban J connectivity index is 1.44. The molecule has 1 amide bonds. The second kappa shape index (κ2) is 7.04. The van der Waals surface area contributed by atoms with Gasteiger partial charge in [0.1, 0.15) is 0 Å². The second-order valence-corrected chi connectivity index (χ2v) is 13.6. The summed E-state index contributed by atoms with van der Waals surface area (Å²) < 4.78 is 27.5. The molecule has 0 aromatic heterocycles. The Morgan fingerprint density at radius 1 is 1.17 bits per heavy atom. The molecule has 30 heavy (non-hydrogen) atoms. The summed E-state index contributed by atoms with van der Waals surface area (Å²) in [4.78, 5) is 16.2. The van der Waals surface area contributed by atoms with E-state index < -0.39 is 10.0 Å². The number of amides is 1. The van der Waals surface area contributed by atoms with Crippen LogP contribution in [0.1, 0.15) is 57.9 Å². The molecule has 0 radical (unpaired) electrons. The number of benzene rings is 1. The first-order chi connectivity index (χ1) is 14.2. The Morgan fingerprint density at radius 3 is 2.43 bits per heavy atom. The van der Waals surface area contributed by atoms with Gasteiger partial charge in [0, 0.05) is 29.6 Å². The first kappa shape index (κ1) is 21.0. The van der Waals surface area contributed by atoms with Crippen LogP contribution < -0.4 is 4.90 Å². The van der Waals surface area contributed by atoms with Gasteiger partial charge in [0.05, 0.1) is 10.3 Å². The Morgan fingerprint density at radius 2 is 1.83 bits per heavy atom. The average molecular weight is 495 g/mol. The van der Waals surface area contributed by atoms with Gasteiger partial charge < -0.3 is 4.90 Å². The topological polar surface area (TPSA) is 57.7 Å². The smallest absolute Gasteiger partial charge is 0.243 e. The quantitative estimate of drug-likeness (QED) is 0.572. The maximum atomic E-state index is 13.9. The van der Waals surface area contributed by atoms with Crippen LogP contribution in [-0.4, -0.2) is 42.6 Å². The largest absolute Gasteiger partial charge is 0.311 e. The molecular formula is C23H31BrN2O3S. The van der Waals surface area contributed by atoms with Gasteiger partial charge in [-0.2, -0.15) is 4.31 Å². The molecule has 1 aliphatic heterocycles. The van der Waals surface area contributed by atoms with Crippen molar-refractivity contribution in [1.82, 2.24) is 4.31 Å². The Labute approximate surface area is 188 Å². The lowest BCUT2D eigenvalue weighted by Gasteiger charge is -2.60. The van der Waals surface area contributed by atoms with E-state index in [4.69, 9.17) is 0 Å². The fourth-order valence-electron chi connectivity index (χ4n) is 7.15. The van der Waals surface area contributed by atoms with Crippen LogP contribution in [0.25, 0.3) is 0 Å². The normalized spacial score (nSPS) is 34.6. The van der Waals surface area contributed by atoms with Gasteiger partial charge in [-0.1, -0.05) is 29.8 Å². The number of halogens is 1. The van der Waals surface area contributed by atoms with E-state index in [0.29, 0.717) is 36.4 Å². The monoisotopic (exact) mass is 494 g/mol. The number of anilines is 1. The third-order valence-electron chi connectivity index (χ3n) is 7.98. The van der Waals surface area contributed by atoms with E-state index in [-0.39, 0.29) is 15.6 Å². The SMILES string of the molecule is CCN(CC)S(=O)(=O)c1ccc2c(c1)CCN2C(=O)C12CC3CC(CC(Br)(C3)C1)C2. The molecule has 7 heteroatoms. The molecule has 4 fully saturated rings. The van der Waals surface area contributed by atoms with Crippen LogP contribution in [0.4, 0.5) is 5.69 Å². The lowest BCUT2D eigenvalue weighted by Crippen LogP contribution is -2.58. The fraction of sp³-hybridized carbons (Fsp3) is 0.696. The van der Waals surface area contributed by atoms with Gasteiger partial charge in [0.2, 0.25) is 15.9 Å². The minimum Gasteiger partial charge on any atom is -0.311 e. The molecule has 2 atom stereocenters. The van der Waals surface area contributed by atoms with Crippen molar-refractivity contribution >= 4 is 37.5 Å². The molecule has 1 aromatic rings. The molecule has 0 spiro atoms. The summed E-state index contributed by atoms with van der Waals surface area (Å²) >= 11 is 4.02. The molecule has 1 aromatic carbocycles. The van der Waals surface area contributed by atoms with Crippen molar-refractivity contribution in [2.45, 2.75) is 68.0 Å². The van der Waals surface area contributed by atoms with Crippen molar-refractivity contribution in [3.8, 4) is 0 Å². The molecule has 5 aliphatic rings. The third kappa shape index (κ3) is 3.10. The minimum atomic E-state index is -3.48. The lowest BCUT2D eigenvalue weighted by molar-refractivity contribution is -0.141. The highest BCUT2D eigenvalue weighted by molar-refractivity contribution is 9.10. The summed E-state index contributed by atoms with van der Waals surface area (Å²) in [7, 11) is -3.48. The third-order valence-corrected chi connectivity index (χ3v) is 11.0. The van der Waals surface area contributed by atoms with Crippen LogP contribution in [0.2, 0.25) is 0 Å². The van der Waals surface area contributed by atoms with E-state index in [0.717, 1.165) is 36.9 Å². The van der Waals surface area contributed by atoms with Crippen molar-refractivity contribution in [2.75, 3.05) is 24.5 Å². The molecule has 164 valence electrons. The zero-order valence-corrected chi connectivity index (χ0v) is 20.3. The molecule has 6 rings (SSSR count). The van der Waals surface area contributed by atoms with Gasteiger partial charge in [-0.05, 0) is 80.5 Å². The van der Waals surface area contributed by atoms with E-state index in [1.807, 2.05) is 24.8 Å². The summed E-state index contributed by atoms with van der Waals surface area (Å²) in [5.74, 6) is 1.61. The molecule has 0 saturated heterocycles. The van der Waals surface area contributed by atoms with Crippen molar-refractivity contribution in [3.63, 3.8) is 0 Å². The molecule has 0 N–H and O–H groups in total. The highest BCUT2D eigenvalue weighted by Crippen LogP contribution is 2.65. The van der Waals surface area contributed by atoms with Crippen LogP contribution >= 0.6 is 15.9 Å². The minimum absolute atomic E-state index is 0.150. The van der Waals surface area contributed by atoms with Crippen LogP contribution in [0, 0.1) is 17.3 Å². The Hall–Kier alpha value is -0.920. The van der Waals surface area contributed by atoms with Crippen LogP contribution in [0.15, 0.2) is 23.1 Å². The van der Waals surface area contributed by atoms with Gasteiger partial charge in [0.15, 0.2) is 0 Å². The number of nitrogens with zero attached hydrogens (tertiary/aromatic N) is 2. The number of hydrogen-bond acceptors (Lipinski definition) is 3. The summed E-state index contributed by atoms with van der Waals surface area (Å²) in [5.41, 5.74) is 1.66. The summed E-state index contributed by atoms with van der Waals surface area (Å²) in [6, 6.07) is 5.34. The summed E-state index contributed by atoms with van der Waals surface area (Å²) in [5, 5.41) is 0. The van der Waals surface area contributed by atoms with E-state index in [1.165, 1.54) is 23.6 Å². The van der Waals surface area contributed by atoms with Crippen LogP contribution in [0.5, 0.6) is 0 Å². The zero-order chi connectivity index (χ0) is 21.3. The number of alkyl halides is 1. The molecule has 1 heterocycles. The number of hydrogen-bond donors (Lipinski definition) is 0. The van der Waals surface area contributed by atoms with Crippen molar-refractivity contribution in [3.05, 3.63) is 23.8 Å². The fourth-order valence-corrected chi connectivity index (χ4v) is 10.1. The van der Waals surface area contributed by atoms with E-state index in [2.05, 4.69) is 15.9 Å². The number of fused-ring (bicyclic) bond motifs is 1. The van der Waals surface area contributed by atoms with Crippen molar-refractivity contribution in [2.24, 2.45) is 17.3 Å². The molecule has 2 unspecified atom stereocenters. The van der Waals surface area contributed by atoms with Gasteiger partial charge >= 0.3 is 0 Å². The molecular weight excluding hydrogens is 464 g/mol. The Kier molecular flexibility index (Phi) is 4.92. The van der Waals surface area contributed by atoms with Gasteiger partial charge in [-0.15, -0.1) is 0 Å². The highest BCUT2D eigenvalue weighted by atomic mass is 79.9. The predicted octanol–water partition coefficient (Wildman–Crippen LogP) is 4.34. The first-order valence-electron chi connectivity index (χ1n) is 11.3. The Bertz CT molecular complexity index is 974. The standard InChI is InChI=1S/C23H31BrN2O3S/c1-3-25(4-2)30(28,29)19-5-6-20-18(10-19)7-8-26(20)21(27)22-11-16-9-17(12-22)14-23(24,13-16)15-22/h5-6,10,16-17H,3-4,7-9,11-15H2,1-2H3. The molecule has 4 bridgehead atoms. The first-order valence-corrected chi connectivity index (χ1v) is 13.6. The zero-order valence-electron chi connectivity index (χ0n) is 17.9. The summed E-state index contributed by atoms with van der Waals surface area (Å²) in [6.07, 6.45) is 7.43. The maximum Gasteiger partial charge on any atom is 0.243 e. The van der Waals surface area contributed by atoms with Crippen molar-refractivity contribution < 1.29 is 13.2 Å². The maximum absolute atomic E-state index is 13.9. The van der Waals surface area contributed by atoms with Crippen LogP contribution in [0.3, 0.4) is 0 Å². The van der Waals surface area contributed by atoms with Gasteiger partial charge in [-0.25, -0.2) is 8.42 Å². The van der Waals surface area contributed by atoms with Crippen LogP contribution in [-0.2, 0) is 21.2 Å². The number of sulfonamides is 1. The molecule has 4 saturated carbocycles. The number of rotatable bonds is 5. The average Bonchev–Trinajstić information content (AvgIpc) is 3.09. The predicted molar refractivity (Wildman–Crippen MR) is 121 cm³/mol. The highest BCUT2D eigenvalue weighted by Gasteiger charge is 2.60. The van der Waals surface area contributed by atoms with Gasteiger partial charge in [0.25, 0.3) is 0 Å². The van der Waals surface area contributed by atoms with E-state index in [9.17, 15) is 13.2 Å². The van der Waals surface area contributed by atoms with Crippen molar-refractivity contribution in [1.29, 1.82) is 0 Å². The molecule has 5 nitrogen and oxygen atoms in total. The molecule has 4 aliphatic carbocycles. The van der Waals surface area contributed by atoms with Gasteiger partial charge in [-0.3, -0.25) is 4.79 Å². The lowest BCUT2D eigenvalue weighted by atomic mass is 9.49.